The number of hydrogen-bond donors (Lipinski definition) is 2. The van der Waals surface area contributed by atoms with E-state index >= 15 is 0 Å². The second kappa shape index (κ2) is 8.98. The summed E-state index contributed by atoms with van der Waals surface area (Å²) >= 11 is 0. The summed E-state index contributed by atoms with van der Waals surface area (Å²) < 4.78 is 21.6. The fourth-order valence-electron chi connectivity index (χ4n) is 2.75. The predicted molar refractivity (Wildman–Crippen MR) is 101 cm³/mol. The first-order valence-corrected chi connectivity index (χ1v) is 8.79. The molecule has 0 fully saturated rings. The van der Waals surface area contributed by atoms with Gasteiger partial charge in [0.05, 0.1) is 14.2 Å². The molecule has 28 heavy (non-hydrogen) atoms. The molecular weight excluding hydrogens is 364 g/mol. The zero-order valence-electron chi connectivity index (χ0n) is 15.7. The van der Waals surface area contributed by atoms with Crippen LogP contribution in [0.25, 0.3) is 0 Å². The number of amides is 2. The molecule has 2 aromatic rings. The molecule has 2 aromatic carbocycles. The molecule has 0 aromatic heterocycles. The summed E-state index contributed by atoms with van der Waals surface area (Å²) in [6, 6.07) is 12.5. The van der Waals surface area contributed by atoms with Crippen LogP contribution in [-0.2, 0) is 16.0 Å². The van der Waals surface area contributed by atoms with Gasteiger partial charge in [0.25, 0.3) is 5.91 Å². The summed E-state index contributed by atoms with van der Waals surface area (Å²) in [5.74, 6) is 1.61. The van der Waals surface area contributed by atoms with Gasteiger partial charge in [-0.1, -0.05) is 12.1 Å². The van der Waals surface area contributed by atoms with Crippen molar-refractivity contribution in [3.8, 4) is 23.0 Å². The number of carbonyl (C=O) groups is 2. The van der Waals surface area contributed by atoms with Gasteiger partial charge in [-0.15, -0.1) is 0 Å². The number of nitrogens with one attached hydrogen (secondary N) is 2. The van der Waals surface area contributed by atoms with Gasteiger partial charge in [-0.25, -0.2) is 0 Å². The minimum atomic E-state index is -0.839. The van der Waals surface area contributed by atoms with Crippen molar-refractivity contribution in [1.82, 2.24) is 10.9 Å². The van der Waals surface area contributed by atoms with Crippen molar-refractivity contribution >= 4 is 11.8 Å². The van der Waals surface area contributed by atoms with Crippen LogP contribution in [0.5, 0.6) is 23.0 Å². The molecule has 0 saturated heterocycles. The van der Waals surface area contributed by atoms with Crippen LogP contribution in [0.1, 0.15) is 12.0 Å². The molecule has 1 atom stereocenters. The Morgan fingerprint density at radius 1 is 1.07 bits per heavy atom. The molecule has 1 heterocycles. The highest BCUT2D eigenvalue weighted by Gasteiger charge is 2.27. The normalized spacial score (nSPS) is 14.7. The Labute approximate surface area is 162 Å². The van der Waals surface area contributed by atoms with Crippen LogP contribution in [0, 0.1) is 0 Å². The minimum Gasteiger partial charge on any atom is -0.497 e. The van der Waals surface area contributed by atoms with Gasteiger partial charge in [0.1, 0.15) is 18.1 Å². The Morgan fingerprint density at radius 3 is 2.61 bits per heavy atom. The lowest BCUT2D eigenvalue weighted by Crippen LogP contribution is -2.50. The molecule has 1 aliphatic rings. The number of para-hydroxylation sites is 2. The topological polar surface area (TPSA) is 95.1 Å². The molecule has 1 unspecified atom stereocenters. The Morgan fingerprint density at radius 2 is 1.86 bits per heavy atom. The van der Waals surface area contributed by atoms with E-state index in [4.69, 9.17) is 18.9 Å². The third-order valence-electron chi connectivity index (χ3n) is 4.24. The first kappa shape index (κ1) is 19.3. The van der Waals surface area contributed by atoms with E-state index in [0.717, 1.165) is 5.56 Å². The highest BCUT2D eigenvalue weighted by molar-refractivity contribution is 5.85. The number of carbonyl (C=O) groups excluding carboxylic acids is 2. The molecule has 1 aliphatic heterocycles. The number of rotatable bonds is 6. The zero-order chi connectivity index (χ0) is 19.9. The summed E-state index contributed by atoms with van der Waals surface area (Å²) in [5.41, 5.74) is 5.60. The first-order valence-electron chi connectivity index (χ1n) is 8.79. The number of ether oxygens (including phenoxy) is 4. The number of methoxy groups -OCH3 is 2. The lowest BCUT2D eigenvalue weighted by Gasteiger charge is -2.25. The molecule has 0 radical (unpaired) electrons. The van der Waals surface area contributed by atoms with Gasteiger partial charge >= 0.3 is 0 Å². The first-order chi connectivity index (χ1) is 13.6. The molecule has 3 rings (SSSR count). The zero-order valence-corrected chi connectivity index (χ0v) is 15.7. The average Bonchev–Trinajstić information content (AvgIpc) is 2.75. The van der Waals surface area contributed by atoms with Crippen molar-refractivity contribution in [3.05, 3.63) is 48.0 Å². The number of benzene rings is 2. The molecule has 0 saturated carbocycles. The summed E-state index contributed by atoms with van der Waals surface area (Å²) in [6.45, 7) is 0.0692. The minimum absolute atomic E-state index is 0.0692. The fraction of sp³-hybridized carbons (Fsp3) is 0.300. The monoisotopic (exact) mass is 386 g/mol. The van der Waals surface area contributed by atoms with Crippen LogP contribution in [0.4, 0.5) is 0 Å². The molecule has 148 valence electrons. The van der Waals surface area contributed by atoms with Gasteiger partial charge in [0.2, 0.25) is 12.0 Å². The Hall–Kier alpha value is -3.42. The van der Waals surface area contributed by atoms with E-state index in [1.807, 2.05) is 12.1 Å². The molecule has 0 aliphatic carbocycles. The molecule has 0 spiro atoms. The van der Waals surface area contributed by atoms with Crippen LogP contribution in [0.2, 0.25) is 0 Å². The predicted octanol–water partition coefficient (Wildman–Crippen LogP) is 1.62. The molecule has 2 N–H and O–H groups in total. The Balaban J connectivity index is 1.48. The van der Waals surface area contributed by atoms with Gasteiger partial charge in [0.15, 0.2) is 11.5 Å². The highest BCUT2D eigenvalue weighted by atomic mass is 16.6. The van der Waals surface area contributed by atoms with Crippen LogP contribution >= 0.6 is 0 Å². The molecule has 8 heteroatoms. The van der Waals surface area contributed by atoms with Crippen LogP contribution in [0.3, 0.4) is 0 Å². The van der Waals surface area contributed by atoms with E-state index in [2.05, 4.69) is 10.9 Å². The summed E-state index contributed by atoms with van der Waals surface area (Å²) in [6.07, 6.45) is -0.249. The van der Waals surface area contributed by atoms with Crippen molar-refractivity contribution in [2.75, 3.05) is 20.8 Å². The number of fused-ring (bicyclic) bond motifs is 1. The third kappa shape index (κ3) is 4.64. The Bertz CT molecular complexity index is 854. The largest absolute Gasteiger partial charge is 0.497 e. The summed E-state index contributed by atoms with van der Waals surface area (Å²) in [4.78, 5) is 24.3. The number of hydrazine groups is 1. The molecular formula is C20H22N2O6. The van der Waals surface area contributed by atoms with E-state index in [-0.39, 0.29) is 18.9 Å². The highest BCUT2D eigenvalue weighted by Crippen LogP contribution is 2.30. The van der Waals surface area contributed by atoms with Crippen LogP contribution in [0.15, 0.2) is 42.5 Å². The maximum atomic E-state index is 12.2. The maximum absolute atomic E-state index is 12.2. The molecule has 0 bridgehead atoms. The smallest absolute Gasteiger partial charge is 0.283 e. The lowest BCUT2D eigenvalue weighted by molar-refractivity contribution is -0.135. The second-order valence-electron chi connectivity index (χ2n) is 6.08. The van der Waals surface area contributed by atoms with E-state index in [9.17, 15) is 9.59 Å². The SMILES string of the molecule is COc1ccc(OC)c(CCC(=O)NNC(=O)C2COc3ccccc3O2)c1. The summed E-state index contributed by atoms with van der Waals surface area (Å²) in [7, 11) is 3.14. The molecule has 2 amide bonds. The van der Waals surface area contributed by atoms with Crippen molar-refractivity contribution < 1.29 is 28.5 Å². The summed E-state index contributed by atoms with van der Waals surface area (Å²) in [5, 5.41) is 0. The standard InChI is InChI=1S/C20H22N2O6/c1-25-14-8-9-15(26-2)13(11-14)7-10-19(23)21-22-20(24)18-12-27-16-5-3-4-6-17(16)28-18/h3-6,8-9,11,18H,7,10,12H2,1-2H3,(H,21,23)(H,22,24). The average molecular weight is 386 g/mol. The van der Waals surface area contributed by atoms with Gasteiger partial charge in [0, 0.05) is 6.42 Å². The van der Waals surface area contributed by atoms with Crippen molar-refractivity contribution in [1.29, 1.82) is 0 Å². The van der Waals surface area contributed by atoms with Gasteiger partial charge < -0.3 is 18.9 Å². The fourth-order valence-corrected chi connectivity index (χ4v) is 2.75. The van der Waals surface area contributed by atoms with E-state index < -0.39 is 12.0 Å². The second-order valence-corrected chi connectivity index (χ2v) is 6.08. The third-order valence-corrected chi connectivity index (χ3v) is 4.24. The van der Waals surface area contributed by atoms with Crippen LogP contribution in [-0.4, -0.2) is 38.7 Å². The van der Waals surface area contributed by atoms with Gasteiger partial charge in [-0.05, 0) is 42.3 Å². The van der Waals surface area contributed by atoms with Crippen LogP contribution < -0.4 is 29.8 Å². The number of hydrogen-bond acceptors (Lipinski definition) is 6. The van der Waals surface area contributed by atoms with E-state index in [1.165, 1.54) is 0 Å². The number of aryl methyl sites for hydroxylation is 1. The van der Waals surface area contributed by atoms with E-state index in [1.54, 1.807) is 44.6 Å². The van der Waals surface area contributed by atoms with Crippen molar-refractivity contribution in [2.24, 2.45) is 0 Å². The van der Waals surface area contributed by atoms with Crippen molar-refractivity contribution in [2.45, 2.75) is 18.9 Å². The lowest BCUT2D eigenvalue weighted by atomic mass is 10.1. The maximum Gasteiger partial charge on any atom is 0.283 e. The Kier molecular flexibility index (Phi) is 6.21. The van der Waals surface area contributed by atoms with Gasteiger partial charge in [-0.3, -0.25) is 20.4 Å². The van der Waals surface area contributed by atoms with Gasteiger partial charge in [-0.2, -0.15) is 0 Å². The molecule has 8 nitrogen and oxygen atoms in total. The quantitative estimate of drug-likeness (QED) is 0.733. The van der Waals surface area contributed by atoms with E-state index in [0.29, 0.717) is 29.4 Å². The van der Waals surface area contributed by atoms with Crippen molar-refractivity contribution in [3.63, 3.8) is 0 Å².